The van der Waals surface area contributed by atoms with Crippen LogP contribution in [0, 0.1) is 5.92 Å². The fraction of sp³-hybridized carbons (Fsp3) is 0.562. The third kappa shape index (κ3) is 4.62. The van der Waals surface area contributed by atoms with E-state index >= 15 is 0 Å². The quantitative estimate of drug-likeness (QED) is 0.774. The molecule has 0 atom stereocenters. The van der Waals surface area contributed by atoms with Gasteiger partial charge in [-0.1, -0.05) is 26.0 Å². The molecular formula is C16H23NO3. The molecular weight excluding hydrogens is 254 g/mol. The van der Waals surface area contributed by atoms with Crippen LogP contribution < -0.4 is 0 Å². The minimum absolute atomic E-state index is 0.234. The number of carbonyl (C=O) groups excluding carboxylic acids is 1. The lowest BCUT2D eigenvalue weighted by atomic mass is 10.1. The highest BCUT2D eigenvalue weighted by atomic mass is 16.5. The highest BCUT2D eigenvalue weighted by molar-refractivity contribution is 5.89. The maximum Gasteiger partial charge on any atom is 0.338 e. The van der Waals surface area contributed by atoms with E-state index in [-0.39, 0.29) is 5.97 Å². The number of morpholine rings is 1. The summed E-state index contributed by atoms with van der Waals surface area (Å²) in [6.45, 7) is 8.85. The average molecular weight is 277 g/mol. The van der Waals surface area contributed by atoms with Crippen LogP contribution in [0.4, 0.5) is 0 Å². The second-order valence-electron chi connectivity index (χ2n) is 5.58. The Morgan fingerprint density at radius 2 is 2.10 bits per heavy atom. The Hall–Kier alpha value is -1.39. The van der Waals surface area contributed by atoms with E-state index in [1.807, 2.05) is 32.0 Å². The zero-order chi connectivity index (χ0) is 14.4. The number of ether oxygens (including phenoxy) is 2. The van der Waals surface area contributed by atoms with Crippen molar-refractivity contribution in [3.8, 4) is 0 Å². The molecule has 0 aromatic heterocycles. The second kappa shape index (κ2) is 7.41. The first-order valence-corrected chi connectivity index (χ1v) is 7.21. The summed E-state index contributed by atoms with van der Waals surface area (Å²) in [5.74, 6) is 0.123. The molecule has 0 saturated carbocycles. The van der Waals surface area contributed by atoms with Crippen LogP contribution in [0.25, 0.3) is 0 Å². The van der Waals surface area contributed by atoms with Crippen LogP contribution in [0.1, 0.15) is 29.8 Å². The molecule has 0 amide bonds. The maximum absolute atomic E-state index is 11.9. The van der Waals surface area contributed by atoms with Gasteiger partial charge in [0, 0.05) is 19.6 Å². The largest absolute Gasteiger partial charge is 0.462 e. The van der Waals surface area contributed by atoms with E-state index in [0.29, 0.717) is 18.1 Å². The van der Waals surface area contributed by atoms with Crippen LogP contribution in [0.3, 0.4) is 0 Å². The van der Waals surface area contributed by atoms with Crippen molar-refractivity contribution in [3.63, 3.8) is 0 Å². The van der Waals surface area contributed by atoms with Gasteiger partial charge in [-0.15, -0.1) is 0 Å². The predicted octanol–water partition coefficient (Wildman–Crippen LogP) is 2.33. The summed E-state index contributed by atoms with van der Waals surface area (Å²) < 4.78 is 10.6. The van der Waals surface area contributed by atoms with Crippen molar-refractivity contribution in [1.82, 2.24) is 4.90 Å². The smallest absolute Gasteiger partial charge is 0.338 e. The molecule has 1 saturated heterocycles. The molecule has 1 aromatic rings. The van der Waals surface area contributed by atoms with Crippen molar-refractivity contribution in [1.29, 1.82) is 0 Å². The van der Waals surface area contributed by atoms with E-state index in [4.69, 9.17) is 9.47 Å². The Morgan fingerprint density at radius 3 is 2.80 bits per heavy atom. The lowest BCUT2D eigenvalue weighted by Crippen LogP contribution is -2.35. The minimum Gasteiger partial charge on any atom is -0.462 e. The summed E-state index contributed by atoms with van der Waals surface area (Å²) in [7, 11) is 0. The fourth-order valence-electron chi connectivity index (χ4n) is 2.14. The zero-order valence-corrected chi connectivity index (χ0v) is 12.3. The van der Waals surface area contributed by atoms with Crippen molar-refractivity contribution >= 4 is 5.97 Å². The van der Waals surface area contributed by atoms with Crippen molar-refractivity contribution < 1.29 is 14.3 Å². The van der Waals surface area contributed by atoms with E-state index in [0.717, 1.165) is 38.4 Å². The van der Waals surface area contributed by atoms with Gasteiger partial charge >= 0.3 is 5.97 Å². The molecule has 20 heavy (non-hydrogen) atoms. The maximum atomic E-state index is 11.9. The second-order valence-corrected chi connectivity index (χ2v) is 5.58. The summed E-state index contributed by atoms with van der Waals surface area (Å²) in [5.41, 5.74) is 1.78. The van der Waals surface area contributed by atoms with Gasteiger partial charge in [0.1, 0.15) is 0 Å². The number of hydrogen-bond acceptors (Lipinski definition) is 4. The lowest BCUT2D eigenvalue weighted by Gasteiger charge is -2.26. The summed E-state index contributed by atoms with van der Waals surface area (Å²) in [6, 6.07) is 7.71. The van der Waals surface area contributed by atoms with E-state index in [2.05, 4.69) is 11.0 Å². The Balaban J connectivity index is 1.94. The van der Waals surface area contributed by atoms with Gasteiger partial charge in [0.05, 0.1) is 25.4 Å². The first-order chi connectivity index (χ1) is 9.65. The monoisotopic (exact) mass is 277 g/mol. The molecule has 0 spiro atoms. The van der Waals surface area contributed by atoms with Gasteiger partial charge in [-0.25, -0.2) is 4.79 Å². The van der Waals surface area contributed by atoms with Gasteiger partial charge in [-0.3, -0.25) is 4.90 Å². The van der Waals surface area contributed by atoms with Crippen molar-refractivity contribution in [2.75, 3.05) is 32.9 Å². The Morgan fingerprint density at radius 1 is 1.35 bits per heavy atom. The lowest BCUT2D eigenvalue weighted by molar-refractivity contribution is 0.0340. The van der Waals surface area contributed by atoms with E-state index in [9.17, 15) is 4.79 Å². The molecule has 0 N–H and O–H groups in total. The first-order valence-electron chi connectivity index (χ1n) is 7.21. The normalized spacial score (nSPS) is 16.4. The number of esters is 1. The number of hydrogen-bond donors (Lipinski definition) is 0. The third-order valence-corrected chi connectivity index (χ3v) is 3.22. The highest BCUT2D eigenvalue weighted by Gasteiger charge is 2.13. The first kappa shape index (κ1) is 15.0. The van der Waals surface area contributed by atoms with Gasteiger partial charge in [0.25, 0.3) is 0 Å². The standard InChI is InChI=1S/C16H23NO3/c1-13(2)12-20-16(18)15-5-3-4-14(10-15)11-17-6-8-19-9-7-17/h3-5,10,13H,6-9,11-12H2,1-2H3. The van der Waals surface area contributed by atoms with Crippen molar-refractivity contribution in [2.45, 2.75) is 20.4 Å². The molecule has 0 aliphatic carbocycles. The molecule has 2 rings (SSSR count). The van der Waals surface area contributed by atoms with Crippen molar-refractivity contribution in [2.24, 2.45) is 5.92 Å². The Bertz CT molecular complexity index is 439. The molecule has 4 nitrogen and oxygen atoms in total. The summed E-state index contributed by atoms with van der Waals surface area (Å²) >= 11 is 0. The van der Waals surface area contributed by atoms with Gasteiger partial charge in [0.15, 0.2) is 0 Å². The van der Waals surface area contributed by atoms with Crippen LogP contribution >= 0.6 is 0 Å². The third-order valence-electron chi connectivity index (χ3n) is 3.22. The number of rotatable bonds is 5. The van der Waals surface area contributed by atoms with Crippen LogP contribution in [0.15, 0.2) is 24.3 Å². The molecule has 4 heteroatoms. The molecule has 1 aliphatic rings. The number of carbonyl (C=O) groups is 1. The molecule has 0 bridgehead atoms. The molecule has 1 aliphatic heterocycles. The summed E-state index contributed by atoms with van der Waals surface area (Å²) in [4.78, 5) is 14.3. The zero-order valence-electron chi connectivity index (χ0n) is 12.3. The molecule has 1 aromatic carbocycles. The molecule has 1 fully saturated rings. The van der Waals surface area contributed by atoms with Gasteiger partial charge < -0.3 is 9.47 Å². The molecule has 0 radical (unpaired) electrons. The molecule has 0 unspecified atom stereocenters. The minimum atomic E-state index is -0.234. The van der Waals surface area contributed by atoms with E-state index < -0.39 is 0 Å². The van der Waals surface area contributed by atoms with Crippen LogP contribution in [0.2, 0.25) is 0 Å². The van der Waals surface area contributed by atoms with Crippen LogP contribution in [-0.4, -0.2) is 43.8 Å². The van der Waals surface area contributed by atoms with Crippen molar-refractivity contribution in [3.05, 3.63) is 35.4 Å². The van der Waals surface area contributed by atoms with Gasteiger partial charge in [-0.2, -0.15) is 0 Å². The SMILES string of the molecule is CC(C)COC(=O)c1cccc(CN2CCOCC2)c1. The fourth-order valence-corrected chi connectivity index (χ4v) is 2.14. The van der Waals surface area contributed by atoms with Crippen LogP contribution in [0.5, 0.6) is 0 Å². The number of benzene rings is 1. The van der Waals surface area contributed by atoms with Gasteiger partial charge in [-0.05, 0) is 23.6 Å². The Kier molecular flexibility index (Phi) is 5.56. The van der Waals surface area contributed by atoms with E-state index in [1.165, 1.54) is 0 Å². The predicted molar refractivity (Wildman–Crippen MR) is 77.7 cm³/mol. The van der Waals surface area contributed by atoms with Gasteiger partial charge in [0.2, 0.25) is 0 Å². The highest BCUT2D eigenvalue weighted by Crippen LogP contribution is 2.11. The summed E-state index contributed by atoms with van der Waals surface area (Å²) in [6.07, 6.45) is 0. The molecule has 1 heterocycles. The van der Waals surface area contributed by atoms with E-state index in [1.54, 1.807) is 0 Å². The molecule has 110 valence electrons. The number of nitrogens with zero attached hydrogens (tertiary/aromatic N) is 1. The van der Waals surface area contributed by atoms with Crippen LogP contribution in [-0.2, 0) is 16.0 Å². The summed E-state index contributed by atoms with van der Waals surface area (Å²) in [5, 5.41) is 0. The Labute approximate surface area is 120 Å². The topological polar surface area (TPSA) is 38.8 Å². The average Bonchev–Trinajstić information content (AvgIpc) is 2.46.